The van der Waals surface area contributed by atoms with Gasteiger partial charge in [0.05, 0.1) is 11.8 Å². The van der Waals surface area contributed by atoms with Crippen molar-refractivity contribution in [3.8, 4) is 0 Å². The van der Waals surface area contributed by atoms with Crippen LogP contribution in [0.2, 0.25) is 0 Å². The van der Waals surface area contributed by atoms with Crippen LogP contribution in [0, 0.1) is 39.9 Å². The summed E-state index contributed by atoms with van der Waals surface area (Å²) in [6.07, 6.45) is 9.46. The maximum absolute atomic E-state index is 14.5. The van der Waals surface area contributed by atoms with E-state index >= 15 is 0 Å². The zero-order valence-electron chi connectivity index (χ0n) is 29.5. The second-order valence-electron chi connectivity index (χ2n) is 16.5. The van der Waals surface area contributed by atoms with Crippen LogP contribution < -0.4 is 0 Å². The minimum absolute atomic E-state index is 0.00126. The molecule has 0 radical (unpaired) electrons. The molecule has 0 aromatic rings. The van der Waals surface area contributed by atoms with Crippen LogP contribution in [0.15, 0.2) is 12.7 Å². The molecule has 2 saturated heterocycles. The lowest BCUT2D eigenvalue weighted by Gasteiger charge is -2.63. The van der Waals surface area contributed by atoms with E-state index in [0.29, 0.717) is 38.6 Å². The first-order valence-electron chi connectivity index (χ1n) is 17.5. The molecule has 260 valence electrons. The molecule has 8 nitrogen and oxygen atoms in total. The predicted molar refractivity (Wildman–Crippen MR) is 181 cm³/mol. The number of sulfone groups is 1. The van der Waals surface area contributed by atoms with E-state index in [2.05, 4.69) is 20.4 Å². The van der Waals surface area contributed by atoms with Gasteiger partial charge in [-0.05, 0) is 60.2 Å². The molecule has 2 saturated carbocycles. The molecule has 1 unspecified atom stereocenters. The smallest absolute Gasteiger partial charge is 0.227 e. The Labute approximate surface area is 277 Å². The number of Topliss-reactive ketones (excluding diaryl/α,β-unsaturated/α-hetero) is 4. The maximum Gasteiger partial charge on any atom is 0.227 e. The fourth-order valence-electron chi connectivity index (χ4n) is 8.63. The summed E-state index contributed by atoms with van der Waals surface area (Å²) in [6.45, 7) is 16.1. The van der Waals surface area contributed by atoms with Crippen LogP contribution in [0.1, 0.15) is 125 Å². The molecule has 4 fully saturated rings. The lowest BCUT2D eigenvalue weighted by atomic mass is 9.49. The standard InChI is InChI=1S/C37H59NO7S/c1-9-11-16-30(40)33(42)25(15-10-2)19-31(41)32-28-20-26(36(28,6)7)23-38(32)34(43)29(35(3,4)5)21-27(39)22-37(24-46(8,44)45)17-13-12-14-18-37/h9,25-26,28-29,32H,1,10-24H2,2-8H3/t25?,26-,28+,29-,32+/m1/s1. The van der Waals surface area contributed by atoms with Crippen LogP contribution in [0.4, 0.5) is 0 Å². The Kier molecular flexibility index (Phi) is 12.4. The molecule has 2 aliphatic carbocycles. The van der Waals surface area contributed by atoms with Gasteiger partial charge in [0.1, 0.15) is 15.6 Å². The minimum Gasteiger partial charge on any atom is -0.332 e. The third kappa shape index (κ3) is 9.04. The number of carbonyl (C=O) groups excluding carboxylic acids is 5. The molecule has 2 bridgehead atoms. The Morgan fingerprint density at radius 1 is 1.02 bits per heavy atom. The summed E-state index contributed by atoms with van der Waals surface area (Å²) >= 11 is 0. The van der Waals surface area contributed by atoms with Gasteiger partial charge >= 0.3 is 0 Å². The van der Waals surface area contributed by atoms with Gasteiger partial charge in [0.25, 0.3) is 0 Å². The summed E-state index contributed by atoms with van der Waals surface area (Å²) in [7, 11) is -3.29. The van der Waals surface area contributed by atoms with E-state index in [1.54, 1.807) is 11.0 Å². The monoisotopic (exact) mass is 661 g/mol. The van der Waals surface area contributed by atoms with E-state index in [-0.39, 0.29) is 66.2 Å². The molecule has 9 heteroatoms. The van der Waals surface area contributed by atoms with E-state index in [1.165, 1.54) is 6.26 Å². The van der Waals surface area contributed by atoms with Crippen molar-refractivity contribution in [1.29, 1.82) is 0 Å². The highest BCUT2D eigenvalue weighted by Gasteiger charge is 2.61. The van der Waals surface area contributed by atoms with Crippen molar-refractivity contribution < 1.29 is 32.4 Å². The van der Waals surface area contributed by atoms with E-state index in [0.717, 1.165) is 25.7 Å². The summed E-state index contributed by atoms with van der Waals surface area (Å²) in [5.41, 5.74) is -1.31. The zero-order valence-corrected chi connectivity index (χ0v) is 30.3. The molecule has 4 aliphatic rings. The highest BCUT2D eigenvalue weighted by molar-refractivity contribution is 7.90. The number of fused-ring (bicyclic) bond motifs is 2. The van der Waals surface area contributed by atoms with Crippen molar-refractivity contribution in [2.24, 2.45) is 39.9 Å². The number of allylic oxidation sites excluding steroid dienone is 1. The first-order valence-corrected chi connectivity index (χ1v) is 19.5. The number of hydrogen-bond donors (Lipinski definition) is 0. The van der Waals surface area contributed by atoms with Gasteiger partial charge in [-0.2, -0.15) is 0 Å². The van der Waals surface area contributed by atoms with E-state index < -0.39 is 50.1 Å². The third-order valence-corrected chi connectivity index (χ3v) is 12.6. The van der Waals surface area contributed by atoms with E-state index in [1.807, 2.05) is 27.7 Å². The molecule has 4 rings (SSSR count). The zero-order chi connectivity index (χ0) is 34.7. The summed E-state index contributed by atoms with van der Waals surface area (Å²) in [5, 5.41) is 0. The lowest BCUT2D eigenvalue weighted by molar-refractivity contribution is -0.180. The van der Waals surface area contributed by atoms with Crippen LogP contribution in [0.3, 0.4) is 0 Å². The van der Waals surface area contributed by atoms with Crippen molar-refractivity contribution in [3.05, 3.63) is 12.7 Å². The third-order valence-electron chi connectivity index (χ3n) is 11.4. The molecule has 2 aliphatic heterocycles. The minimum atomic E-state index is -3.29. The molecule has 5 atom stereocenters. The van der Waals surface area contributed by atoms with Crippen molar-refractivity contribution in [1.82, 2.24) is 4.90 Å². The summed E-state index contributed by atoms with van der Waals surface area (Å²) in [6, 6.07) is -0.710. The molecule has 0 aromatic heterocycles. The van der Waals surface area contributed by atoms with Gasteiger partial charge in [-0.25, -0.2) is 8.42 Å². The Bertz CT molecular complexity index is 1280. The molecule has 1 amide bonds. The van der Waals surface area contributed by atoms with Crippen LogP contribution in [-0.4, -0.2) is 67.0 Å². The number of piperidine rings is 2. The first-order chi connectivity index (χ1) is 21.3. The average Bonchev–Trinajstić information content (AvgIpc) is 2.95. The number of rotatable bonds is 17. The normalized spacial score (nSPS) is 25.1. The highest BCUT2D eigenvalue weighted by atomic mass is 32.2. The van der Waals surface area contributed by atoms with Crippen molar-refractivity contribution in [3.63, 3.8) is 0 Å². The Morgan fingerprint density at radius 2 is 1.65 bits per heavy atom. The van der Waals surface area contributed by atoms with Gasteiger partial charge in [-0.1, -0.05) is 73.3 Å². The second kappa shape index (κ2) is 14.9. The van der Waals surface area contributed by atoms with Gasteiger partial charge in [0.2, 0.25) is 11.7 Å². The number of carbonyl (C=O) groups is 5. The Morgan fingerprint density at radius 3 is 2.17 bits per heavy atom. The van der Waals surface area contributed by atoms with Gasteiger partial charge in [0, 0.05) is 50.3 Å². The van der Waals surface area contributed by atoms with Crippen molar-refractivity contribution in [2.45, 2.75) is 131 Å². The Balaban J connectivity index is 1.87. The predicted octanol–water partition coefficient (Wildman–Crippen LogP) is 6.35. The SMILES string of the molecule is C=CCCC(=O)C(=O)C(CCC)CC(=O)[C@@H]1[C@@H]2C[C@H](CN1C(=O)[C@@H](CC(=O)CC1(CS(C)(=O)=O)CCCCC1)C(C)(C)C)C2(C)C. The Hall–Kier alpha value is -2.16. The van der Waals surface area contributed by atoms with Gasteiger partial charge < -0.3 is 4.90 Å². The molecular formula is C37H59NO7S. The molecule has 0 aromatic carbocycles. The maximum atomic E-state index is 14.5. The quantitative estimate of drug-likeness (QED) is 0.132. The summed E-state index contributed by atoms with van der Waals surface area (Å²) in [4.78, 5) is 70.0. The average molecular weight is 662 g/mol. The molecule has 0 N–H and O–H groups in total. The molecule has 0 spiro atoms. The fraction of sp³-hybridized carbons (Fsp3) is 0.811. The van der Waals surface area contributed by atoms with Gasteiger partial charge in [0.15, 0.2) is 11.6 Å². The van der Waals surface area contributed by atoms with Gasteiger partial charge in [-0.15, -0.1) is 6.58 Å². The summed E-state index contributed by atoms with van der Waals surface area (Å²) in [5.74, 6) is -2.73. The number of nitrogens with zero attached hydrogens (tertiary/aromatic N) is 1. The molecular weight excluding hydrogens is 602 g/mol. The van der Waals surface area contributed by atoms with Crippen molar-refractivity contribution in [2.75, 3.05) is 18.6 Å². The van der Waals surface area contributed by atoms with Crippen LogP contribution in [0.5, 0.6) is 0 Å². The molecule has 2 heterocycles. The molecule has 46 heavy (non-hydrogen) atoms. The number of hydrogen-bond acceptors (Lipinski definition) is 7. The number of ketones is 4. The largest absolute Gasteiger partial charge is 0.332 e. The van der Waals surface area contributed by atoms with E-state index in [9.17, 15) is 32.4 Å². The lowest BCUT2D eigenvalue weighted by Crippen LogP contribution is -2.69. The van der Waals surface area contributed by atoms with Gasteiger partial charge in [-0.3, -0.25) is 24.0 Å². The van der Waals surface area contributed by atoms with Crippen LogP contribution >= 0.6 is 0 Å². The topological polar surface area (TPSA) is 123 Å². The first kappa shape index (κ1) is 38.3. The van der Waals surface area contributed by atoms with Crippen molar-refractivity contribution >= 4 is 38.9 Å². The fourth-order valence-corrected chi connectivity index (χ4v) is 10.1. The van der Waals surface area contributed by atoms with Crippen LogP contribution in [0.25, 0.3) is 0 Å². The van der Waals surface area contributed by atoms with Crippen LogP contribution in [-0.2, 0) is 33.8 Å². The highest BCUT2D eigenvalue weighted by Crippen LogP contribution is 2.58. The second-order valence-corrected chi connectivity index (χ2v) is 18.7. The van der Waals surface area contributed by atoms with E-state index in [4.69, 9.17) is 0 Å². The summed E-state index contributed by atoms with van der Waals surface area (Å²) < 4.78 is 24.7. The number of amides is 1.